The molecule has 0 heterocycles. The molecular weight excluding hydrogens is 234 g/mol. The fourth-order valence-corrected chi connectivity index (χ4v) is 1.95. The molecular formula is C17H27NO. The van der Waals surface area contributed by atoms with E-state index in [1.54, 1.807) is 0 Å². The SMILES string of the molecule is CCCNCC(CCC)OC/C=C/c1ccccc1. The van der Waals surface area contributed by atoms with E-state index in [0.29, 0.717) is 12.7 Å². The van der Waals surface area contributed by atoms with Crippen LogP contribution in [0.25, 0.3) is 6.08 Å². The number of nitrogens with one attached hydrogen (secondary N) is 1. The Kier molecular flexibility index (Phi) is 9.03. The summed E-state index contributed by atoms with van der Waals surface area (Å²) in [5.41, 5.74) is 1.22. The molecule has 1 rings (SSSR count). The van der Waals surface area contributed by atoms with Crippen LogP contribution in [0.2, 0.25) is 0 Å². The van der Waals surface area contributed by atoms with E-state index in [4.69, 9.17) is 4.74 Å². The topological polar surface area (TPSA) is 21.3 Å². The van der Waals surface area contributed by atoms with Crippen molar-refractivity contribution in [3.63, 3.8) is 0 Å². The van der Waals surface area contributed by atoms with Crippen LogP contribution in [0.3, 0.4) is 0 Å². The lowest BCUT2D eigenvalue weighted by Crippen LogP contribution is -2.29. The molecule has 0 saturated heterocycles. The molecule has 2 heteroatoms. The van der Waals surface area contributed by atoms with Gasteiger partial charge in [-0.15, -0.1) is 0 Å². The molecule has 1 atom stereocenters. The monoisotopic (exact) mass is 261 g/mol. The van der Waals surface area contributed by atoms with Gasteiger partial charge in [-0.25, -0.2) is 0 Å². The minimum atomic E-state index is 0.331. The molecule has 19 heavy (non-hydrogen) atoms. The predicted molar refractivity (Wildman–Crippen MR) is 83.3 cm³/mol. The first-order chi connectivity index (χ1) is 9.36. The van der Waals surface area contributed by atoms with Gasteiger partial charge in [0.25, 0.3) is 0 Å². The predicted octanol–water partition coefficient (Wildman–Crippen LogP) is 3.88. The van der Waals surface area contributed by atoms with Crippen LogP contribution in [0.5, 0.6) is 0 Å². The summed E-state index contributed by atoms with van der Waals surface area (Å²) < 4.78 is 5.90. The molecule has 0 aliphatic carbocycles. The minimum Gasteiger partial charge on any atom is -0.373 e. The highest BCUT2D eigenvalue weighted by molar-refractivity contribution is 5.48. The maximum atomic E-state index is 5.90. The Hall–Kier alpha value is -1.12. The third kappa shape index (κ3) is 7.81. The molecule has 1 N–H and O–H groups in total. The molecule has 0 spiro atoms. The number of hydrogen-bond acceptors (Lipinski definition) is 2. The van der Waals surface area contributed by atoms with E-state index in [2.05, 4.69) is 55.6 Å². The van der Waals surface area contributed by atoms with Gasteiger partial charge in [0.1, 0.15) is 0 Å². The zero-order valence-electron chi connectivity index (χ0n) is 12.3. The second-order valence-corrected chi connectivity index (χ2v) is 4.76. The molecule has 0 radical (unpaired) electrons. The second kappa shape index (κ2) is 10.8. The Labute approximate surface area is 117 Å². The molecule has 0 aromatic heterocycles. The van der Waals surface area contributed by atoms with E-state index in [-0.39, 0.29) is 0 Å². The number of hydrogen-bond donors (Lipinski definition) is 1. The standard InChI is InChI=1S/C17H27NO/c1-3-9-17(15-18-13-4-2)19-14-8-12-16-10-6-5-7-11-16/h5-8,10-12,17-18H,3-4,9,13-15H2,1-2H3/b12-8+. The summed E-state index contributed by atoms with van der Waals surface area (Å²) in [6.07, 6.45) is 8.00. The summed E-state index contributed by atoms with van der Waals surface area (Å²) in [5.74, 6) is 0. The van der Waals surface area contributed by atoms with E-state index >= 15 is 0 Å². The normalized spacial score (nSPS) is 12.9. The summed E-state index contributed by atoms with van der Waals surface area (Å²) >= 11 is 0. The summed E-state index contributed by atoms with van der Waals surface area (Å²) in [4.78, 5) is 0. The highest BCUT2D eigenvalue weighted by Gasteiger charge is 2.05. The van der Waals surface area contributed by atoms with E-state index < -0.39 is 0 Å². The van der Waals surface area contributed by atoms with Gasteiger partial charge in [0, 0.05) is 6.54 Å². The van der Waals surface area contributed by atoms with Gasteiger partial charge < -0.3 is 10.1 Å². The molecule has 1 aromatic rings. The van der Waals surface area contributed by atoms with Crippen LogP contribution in [0.1, 0.15) is 38.7 Å². The first kappa shape index (κ1) is 15.9. The first-order valence-corrected chi connectivity index (χ1v) is 7.40. The third-order valence-corrected chi connectivity index (χ3v) is 2.95. The fraction of sp³-hybridized carbons (Fsp3) is 0.529. The van der Waals surface area contributed by atoms with Crippen molar-refractivity contribution in [3.8, 4) is 0 Å². The van der Waals surface area contributed by atoms with E-state index in [0.717, 1.165) is 19.5 Å². The van der Waals surface area contributed by atoms with Crippen molar-refractivity contribution in [2.45, 2.75) is 39.2 Å². The Balaban J connectivity index is 2.25. The van der Waals surface area contributed by atoms with Gasteiger partial charge >= 0.3 is 0 Å². The molecule has 0 fully saturated rings. The lowest BCUT2D eigenvalue weighted by atomic mass is 10.2. The summed E-state index contributed by atoms with van der Waals surface area (Å²) in [6, 6.07) is 10.3. The van der Waals surface area contributed by atoms with Crippen LogP contribution in [0.15, 0.2) is 36.4 Å². The maximum absolute atomic E-state index is 5.90. The van der Waals surface area contributed by atoms with Gasteiger partial charge in [-0.1, -0.05) is 62.8 Å². The summed E-state index contributed by atoms with van der Waals surface area (Å²) in [7, 11) is 0. The highest BCUT2D eigenvalue weighted by atomic mass is 16.5. The van der Waals surface area contributed by atoms with Crippen molar-refractivity contribution in [1.29, 1.82) is 0 Å². The molecule has 0 amide bonds. The van der Waals surface area contributed by atoms with Crippen molar-refractivity contribution in [3.05, 3.63) is 42.0 Å². The summed E-state index contributed by atoms with van der Waals surface area (Å²) in [5, 5.41) is 3.43. The Morgan fingerprint density at radius 1 is 1.16 bits per heavy atom. The van der Waals surface area contributed by atoms with Crippen molar-refractivity contribution in [2.75, 3.05) is 19.7 Å². The van der Waals surface area contributed by atoms with Crippen LogP contribution >= 0.6 is 0 Å². The number of rotatable bonds is 10. The van der Waals surface area contributed by atoms with E-state index in [1.165, 1.54) is 18.4 Å². The van der Waals surface area contributed by atoms with Crippen LogP contribution < -0.4 is 5.32 Å². The van der Waals surface area contributed by atoms with E-state index in [1.807, 2.05) is 6.07 Å². The van der Waals surface area contributed by atoms with Gasteiger partial charge in [-0.3, -0.25) is 0 Å². The molecule has 0 bridgehead atoms. The summed E-state index contributed by atoms with van der Waals surface area (Å²) in [6.45, 7) is 7.11. The number of ether oxygens (including phenoxy) is 1. The van der Waals surface area contributed by atoms with Gasteiger partial charge in [-0.2, -0.15) is 0 Å². The van der Waals surface area contributed by atoms with Gasteiger partial charge in [0.05, 0.1) is 12.7 Å². The van der Waals surface area contributed by atoms with Crippen molar-refractivity contribution < 1.29 is 4.74 Å². The highest BCUT2D eigenvalue weighted by Crippen LogP contribution is 2.04. The molecule has 0 aliphatic heterocycles. The van der Waals surface area contributed by atoms with Gasteiger partial charge in [0.2, 0.25) is 0 Å². The van der Waals surface area contributed by atoms with Crippen LogP contribution in [0, 0.1) is 0 Å². The lowest BCUT2D eigenvalue weighted by Gasteiger charge is -2.16. The second-order valence-electron chi connectivity index (χ2n) is 4.76. The molecule has 106 valence electrons. The van der Waals surface area contributed by atoms with Crippen molar-refractivity contribution in [2.24, 2.45) is 0 Å². The van der Waals surface area contributed by atoms with E-state index in [9.17, 15) is 0 Å². The maximum Gasteiger partial charge on any atom is 0.0703 e. The van der Waals surface area contributed by atoms with Gasteiger partial charge in [-0.05, 0) is 24.9 Å². The lowest BCUT2D eigenvalue weighted by molar-refractivity contribution is 0.0674. The molecule has 1 unspecified atom stereocenters. The average Bonchev–Trinajstić information content (AvgIpc) is 2.45. The van der Waals surface area contributed by atoms with Crippen LogP contribution in [-0.2, 0) is 4.74 Å². The Morgan fingerprint density at radius 2 is 1.95 bits per heavy atom. The third-order valence-electron chi connectivity index (χ3n) is 2.95. The molecule has 0 saturated carbocycles. The van der Waals surface area contributed by atoms with Crippen LogP contribution in [-0.4, -0.2) is 25.8 Å². The van der Waals surface area contributed by atoms with Gasteiger partial charge in [0.15, 0.2) is 0 Å². The van der Waals surface area contributed by atoms with Crippen molar-refractivity contribution >= 4 is 6.08 Å². The first-order valence-electron chi connectivity index (χ1n) is 7.40. The smallest absolute Gasteiger partial charge is 0.0703 e. The minimum absolute atomic E-state index is 0.331. The zero-order chi connectivity index (χ0) is 13.8. The Bertz CT molecular complexity index is 334. The largest absolute Gasteiger partial charge is 0.373 e. The van der Waals surface area contributed by atoms with Crippen LogP contribution in [0.4, 0.5) is 0 Å². The zero-order valence-corrected chi connectivity index (χ0v) is 12.3. The van der Waals surface area contributed by atoms with Crippen molar-refractivity contribution in [1.82, 2.24) is 5.32 Å². The Morgan fingerprint density at radius 3 is 2.63 bits per heavy atom. The molecule has 0 aliphatic rings. The average molecular weight is 261 g/mol. The fourth-order valence-electron chi connectivity index (χ4n) is 1.95. The molecule has 1 aromatic carbocycles. The number of benzene rings is 1. The molecule has 2 nitrogen and oxygen atoms in total. The quantitative estimate of drug-likeness (QED) is 0.645.